The van der Waals surface area contributed by atoms with Crippen LogP contribution in [0.25, 0.3) is 10.8 Å². The molecule has 20 heteroatoms. The van der Waals surface area contributed by atoms with E-state index in [0.29, 0.717) is 43.2 Å². The number of ether oxygens (including phenoxy) is 2. The Morgan fingerprint density at radius 3 is 2.39 bits per heavy atom. The van der Waals surface area contributed by atoms with E-state index in [2.05, 4.69) is 10.3 Å². The van der Waals surface area contributed by atoms with Crippen molar-refractivity contribution < 1.29 is 59.7 Å². The van der Waals surface area contributed by atoms with Crippen LogP contribution in [-0.2, 0) is 24.4 Å². The first-order valence-corrected chi connectivity index (χ1v) is 21.7. The molecule has 0 bridgehead atoms. The number of carbonyl (C=O) groups is 4. The van der Waals surface area contributed by atoms with Gasteiger partial charge in [-0.2, -0.15) is 13.2 Å². The first-order chi connectivity index (χ1) is 28.4. The zero-order valence-electron chi connectivity index (χ0n) is 35.2. The summed E-state index contributed by atoms with van der Waals surface area (Å²) in [5.41, 5.74) is -4.09. The summed E-state index contributed by atoms with van der Waals surface area (Å²) < 4.78 is 96.8. The SMILES string of the molecule is COc1cnc(O[C@@H]2C[C@H]3C(=O)N[C@]4(C(=O)NS(=O)(=O)C5(CF)CC5)C[C@H]4/C=C\CC[C@@H](C)C[C@@H](C)[C@H](N(C(=O)O)C(C)(C)C(F)(F)F)C(=O)N3C2)c2ccc(N(C)C)cc12. The predicted octanol–water partition coefficient (Wildman–Crippen LogP) is 5.18. The topological polar surface area (TPSA) is 188 Å². The van der Waals surface area contributed by atoms with Crippen LogP contribution < -0.4 is 24.4 Å². The molecule has 1 saturated heterocycles. The Labute approximate surface area is 352 Å². The van der Waals surface area contributed by atoms with Crippen LogP contribution in [0.2, 0.25) is 0 Å². The smallest absolute Gasteiger partial charge is 0.411 e. The summed E-state index contributed by atoms with van der Waals surface area (Å²) in [6.45, 7) is 3.05. The average molecular weight is 883 g/mol. The van der Waals surface area contributed by atoms with E-state index in [1.165, 1.54) is 20.2 Å². The van der Waals surface area contributed by atoms with Crippen LogP contribution in [0.3, 0.4) is 0 Å². The monoisotopic (exact) mass is 882 g/mol. The number of aromatic nitrogens is 1. The largest absolute Gasteiger partial charge is 0.494 e. The molecular weight excluding hydrogens is 829 g/mol. The summed E-state index contributed by atoms with van der Waals surface area (Å²) >= 11 is 0. The highest BCUT2D eigenvalue weighted by Crippen LogP contribution is 2.48. The Kier molecular flexibility index (Phi) is 12.3. The third-order valence-electron chi connectivity index (χ3n) is 12.8. The van der Waals surface area contributed by atoms with Crippen LogP contribution in [-0.4, -0.2) is 127 Å². The van der Waals surface area contributed by atoms with Crippen molar-refractivity contribution in [3.05, 3.63) is 36.5 Å². The van der Waals surface area contributed by atoms with Gasteiger partial charge in [0.2, 0.25) is 27.7 Å². The lowest BCUT2D eigenvalue weighted by molar-refractivity contribution is -0.222. The van der Waals surface area contributed by atoms with Gasteiger partial charge in [-0.1, -0.05) is 26.0 Å². The van der Waals surface area contributed by atoms with Crippen molar-refractivity contribution in [2.24, 2.45) is 17.8 Å². The molecule has 4 aliphatic rings. The number of methoxy groups -OCH3 is 1. The molecule has 2 aliphatic carbocycles. The van der Waals surface area contributed by atoms with Crippen LogP contribution in [0.4, 0.5) is 28.0 Å². The molecule has 1 aromatic carbocycles. The minimum atomic E-state index is -5.12. The zero-order valence-corrected chi connectivity index (χ0v) is 36.0. The minimum absolute atomic E-state index is 0.000764. The Morgan fingerprint density at radius 1 is 1.11 bits per heavy atom. The summed E-state index contributed by atoms with van der Waals surface area (Å²) in [5, 5.41) is 14.3. The molecule has 2 aromatic rings. The van der Waals surface area contributed by atoms with Gasteiger partial charge in [0.05, 0.1) is 19.9 Å². The van der Waals surface area contributed by atoms with E-state index in [1.54, 1.807) is 18.2 Å². The maximum Gasteiger partial charge on any atom is 0.411 e. The number of sulfonamides is 1. The lowest BCUT2D eigenvalue weighted by Gasteiger charge is -2.45. The molecule has 3 fully saturated rings. The average Bonchev–Trinajstić information content (AvgIpc) is 4.08. The zero-order chi connectivity index (χ0) is 45.0. The molecule has 0 spiro atoms. The highest BCUT2D eigenvalue weighted by atomic mass is 32.2. The number of anilines is 1. The van der Waals surface area contributed by atoms with Gasteiger partial charge in [0.1, 0.15) is 46.4 Å². The van der Waals surface area contributed by atoms with Crippen molar-refractivity contribution in [1.29, 1.82) is 0 Å². The molecule has 3 N–H and O–H groups in total. The van der Waals surface area contributed by atoms with Crippen LogP contribution in [0.1, 0.15) is 72.6 Å². The molecule has 2 aliphatic heterocycles. The summed E-state index contributed by atoms with van der Waals surface area (Å²) in [7, 11) is 0.660. The van der Waals surface area contributed by atoms with Crippen molar-refractivity contribution in [3.63, 3.8) is 0 Å². The van der Waals surface area contributed by atoms with Crippen molar-refractivity contribution >= 4 is 50.3 Å². The maximum absolute atomic E-state index is 15.1. The van der Waals surface area contributed by atoms with Gasteiger partial charge in [-0.05, 0) is 82.4 Å². The van der Waals surface area contributed by atoms with E-state index < -0.39 is 99.1 Å². The Balaban J connectivity index is 1.43. The number of hydrogen-bond acceptors (Lipinski definition) is 10. The molecule has 61 heavy (non-hydrogen) atoms. The van der Waals surface area contributed by atoms with E-state index in [4.69, 9.17) is 9.47 Å². The highest BCUT2D eigenvalue weighted by molar-refractivity contribution is 7.91. The van der Waals surface area contributed by atoms with E-state index in [-0.39, 0.29) is 48.8 Å². The van der Waals surface area contributed by atoms with E-state index in [0.717, 1.165) is 10.6 Å². The Morgan fingerprint density at radius 2 is 1.80 bits per heavy atom. The van der Waals surface area contributed by atoms with E-state index in [1.807, 2.05) is 42.8 Å². The number of allylic oxidation sites excluding steroid dienone is 1. The molecule has 15 nitrogen and oxygen atoms in total. The van der Waals surface area contributed by atoms with Gasteiger partial charge in [0, 0.05) is 42.9 Å². The molecule has 2 saturated carbocycles. The number of hydrogen-bond donors (Lipinski definition) is 3. The fourth-order valence-electron chi connectivity index (χ4n) is 8.61. The summed E-state index contributed by atoms with van der Waals surface area (Å²) in [6.07, 6.45) is -2.62. The number of fused-ring (bicyclic) bond motifs is 3. The van der Waals surface area contributed by atoms with Gasteiger partial charge in [0.25, 0.3) is 5.91 Å². The number of carbonyl (C=O) groups excluding carboxylic acids is 3. The second-order valence-corrected chi connectivity index (χ2v) is 19.8. The number of pyridine rings is 1. The maximum atomic E-state index is 15.1. The van der Waals surface area contributed by atoms with E-state index in [9.17, 15) is 45.5 Å². The molecule has 0 unspecified atom stereocenters. The molecule has 6 rings (SSSR count). The second kappa shape index (κ2) is 16.4. The van der Waals surface area contributed by atoms with Crippen LogP contribution in [0.15, 0.2) is 36.5 Å². The number of rotatable bonds is 10. The summed E-state index contributed by atoms with van der Waals surface area (Å²) in [4.78, 5) is 64.0. The predicted molar refractivity (Wildman–Crippen MR) is 216 cm³/mol. The Bertz CT molecular complexity index is 2200. The summed E-state index contributed by atoms with van der Waals surface area (Å²) in [6, 6.07) is 1.92. The fraction of sp³-hybridized carbons (Fsp3) is 0.634. The molecular formula is C41H54F4N6O9S. The number of halogens is 4. The van der Waals surface area contributed by atoms with Gasteiger partial charge >= 0.3 is 12.3 Å². The number of carboxylic acid groups (broad SMARTS) is 1. The second-order valence-electron chi connectivity index (χ2n) is 17.7. The summed E-state index contributed by atoms with van der Waals surface area (Å²) in [5.74, 6) is -4.56. The third kappa shape index (κ3) is 8.52. The van der Waals surface area contributed by atoms with Crippen LogP contribution in [0.5, 0.6) is 11.6 Å². The number of amides is 4. The number of nitrogens with zero attached hydrogens (tertiary/aromatic N) is 4. The molecule has 3 heterocycles. The lowest BCUT2D eigenvalue weighted by Crippen LogP contribution is -2.66. The normalized spacial score (nSPS) is 28.6. The van der Waals surface area contributed by atoms with Gasteiger partial charge in [0.15, 0.2) is 0 Å². The van der Waals surface area contributed by atoms with Crippen molar-refractivity contribution in [2.45, 2.75) is 113 Å². The molecule has 336 valence electrons. The first-order valence-electron chi connectivity index (χ1n) is 20.2. The van der Waals surface area contributed by atoms with Gasteiger partial charge in [-0.3, -0.25) is 24.0 Å². The number of alkyl halides is 4. The van der Waals surface area contributed by atoms with E-state index >= 15 is 4.79 Å². The minimum Gasteiger partial charge on any atom is -0.494 e. The van der Waals surface area contributed by atoms with Gasteiger partial charge in [-0.25, -0.2) is 22.6 Å². The standard InChI is InChI=1S/C41H54F4N6O9S/c1-23-10-8-9-11-25-19-40(25,36(54)48-61(57,58)39(22-42)14-15-39)47-33(52)30-18-27(60-34-28-13-12-26(49(5)6)17-29(28)31(59-7)20-46-34)21-50(30)35(53)32(24(2)16-23)51(37(55)56)38(3,4)41(43,44)45/h9,11-13,17,20,23-25,27,30,32H,8,10,14-16,18-19,21-22H2,1-7H3,(H,47,52)(H,48,54)(H,55,56)/b11-9-/t23-,24-,25-,27-,30+,32+,40-/m1/s1. The fourth-order valence-corrected chi connectivity index (χ4v) is 10.0. The van der Waals surface area contributed by atoms with Crippen molar-refractivity contribution in [3.8, 4) is 11.6 Å². The van der Waals surface area contributed by atoms with Crippen LogP contribution >= 0.6 is 0 Å². The van der Waals surface area contributed by atoms with Gasteiger partial charge < -0.3 is 29.7 Å². The van der Waals surface area contributed by atoms with Gasteiger partial charge in [-0.15, -0.1) is 0 Å². The molecule has 4 amide bonds. The number of nitrogens with one attached hydrogen (secondary N) is 2. The first kappa shape index (κ1) is 45.6. The molecule has 0 radical (unpaired) electrons. The third-order valence-corrected chi connectivity index (χ3v) is 14.9. The Hall–Kier alpha value is -4.88. The quantitative estimate of drug-likeness (QED) is 0.211. The van der Waals surface area contributed by atoms with Crippen LogP contribution in [0, 0.1) is 17.8 Å². The molecule has 1 aromatic heterocycles. The molecule has 7 atom stereocenters. The van der Waals surface area contributed by atoms with Crippen molar-refractivity contribution in [2.75, 3.05) is 39.3 Å². The van der Waals surface area contributed by atoms with Crippen molar-refractivity contribution in [1.82, 2.24) is 24.8 Å². The number of benzene rings is 1. The lowest BCUT2D eigenvalue weighted by atomic mass is 9.85. The highest BCUT2D eigenvalue weighted by Gasteiger charge is 2.64.